The molecule has 0 unspecified atom stereocenters. The van der Waals surface area contributed by atoms with Crippen molar-refractivity contribution in [3.63, 3.8) is 0 Å². The summed E-state index contributed by atoms with van der Waals surface area (Å²) < 4.78 is 11.2. The summed E-state index contributed by atoms with van der Waals surface area (Å²) >= 11 is 0. The van der Waals surface area contributed by atoms with Crippen LogP contribution >= 0.6 is 0 Å². The third kappa shape index (κ3) is 6.17. The molecule has 202 valence electrons. The Bertz CT molecular complexity index is 1470. The maximum absolute atomic E-state index is 5.60. The van der Waals surface area contributed by atoms with Gasteiger partial charge in [0.25, 0.3) is 0 Å². The number of ether oxygens (including phenoxy) is 2. The average Bonchev–Trinajstić information content (AvgIpc) is 3.33. The van der Waals surface area contributed by atoms with Gasteiger partial charge in [0.2, 0.25) is 0 Å². The summed E-state index contributed by atoms with van der Waals surface area (Å²) in [5.74, 6) is 2.30. The van der Waals surface area contributed by atoms with E-state index in [2.05, 4.69) is 37.7 Å². The van der Waals surface area contributed by atoms with Crippen LogP contribution in [0.4, 0.5) is 0 Å². The topological polar surface area (TPSA) is 71.2 Å². The fraction of sp³-hybridized carbons (Fsp3) is 0.323. The second-order valence-corrected chi connectivity index (χ2v) is 9.80. The number of benzene rings is 1. The number of aromatic nitrogens is 4. The van der Waals surface area contributed by atoms with E-state index in [9.17, 15) is 0 Å². The van der Waals surface area contributed by atoms with Gasteiger partial charge in [-0.05, 0) is 43.0 Å². The molecule has 6 nitrogen and oxygen atoms in total. The Balaban J connectivity index is 0.000000242. The molecule has 0 atom stereocenters. The Morgan fingerprint density at radius 2 is 1.21 bits per heavy atom. The summed E-state index contributed by atoms with van der Waals surface area (Å²) in [5, 5.41) is 1.95. The molecule has 0 radical (unpaired) electrons. The molecule has 0 bridgehead atoms. The van der Waals surface area contributed by atoms with Gasteiger partial charge in [0.1, 0.15) is 22.5 Å². The molecule has 0 saturated heterocycles. The third-order valence-electron chi connectivity index (χ3n) is 6.27. The quantitative estimate of drug-likeness (QED) is 0.166. The SMILES string of the molecule is COc1cc(C(C)C)nc2c1ccc1c(OC)cc(C(C)C)nc12.Cc1cccc(-c2ccc(C)[n-]2)n1.[Cu+]. The zero-order valence-corrected chi connectivity index (χ0v) is 24.2. The van der Waals surface area contributed by atoms with Crippen LogP contribution in [0, 0.1) is 13.8 Å². The van der Waals surface area contributed by atoms with Gasteiger partial charge in [-0.15, -0.1) is 5.69 Å². The first-order valence-electron chi connectivity index (χ1n) is 12.6. The number of aryl methyl sites for hydroxylation is 2. The molecule has 4 aromatic heterocycles. The Morgan fingerprint density at radius 3 is 1.61 bits per heavy atom. The fourth-order valence-corrected chi connectivity index (χ4v) is 4.17. The molecule has 0 N–H and O–H groups in total. The van der Waals surface area contributed by atoms with Gasteiger partial charge < -0.3 is 14.5 Å². The molecule has 5 aromatic rings. The Hall–Kier alpha value is -3.41. The summed E-state index contributed by atoms with van der Waals surface area (Å²) in [7, 11) is 3.39. The number of nitrogens with zero attached hydrogens (tertiary/aromatic N) is 4. The zero-order chi connectivity index (χ0) is 26.7. The number of pyridine rings is 3. The van der Waals surface area contributed by atoms with Crippen molar-refractivity contribution in [1.29, 1.82) is 0 Å². The van der Waals surface area contributed by atoms with Gasteiger partial charge in [0, 0.05) is 45.7 Å². The van der Waals surface area contributed by atoms with Crippen molar-refractivity contribution in [1.82, 2.24) is 19.9 Å². The van der Waals surface area contributed by atoms with Crippen LogP contribution in [0.5, 0.6) is 11.5 Å². The van der Waals surface area contributed by atoms with E-state index in [-0.39, 0.29) is 17.1 Å². The van der Waals surface area contributed by atoms with Crippen molar-refractivity contribution in [2.75, 3.05) is 14.2 Å². The molecule has 0 saturated carbocycles. The minimum absolute atomic E-state index is 0. The van der Waals surface area contributed by atoms with Crippen LogP contribution in [0.3, 0.4) is 0 Å². The minimum atomic E-state index is 0. The molecule has 5 rings (SSSR count). The number of hydrogen-bond donors (Lipinski definition) is 0. The van der Waals surface area contributed by atoms with Crippen molar-refractivity contribution in [3.8, 4) is 22.9 Å². The monoisotopic (exact) mass is 558 g/mol. The normalized spacial score (nSPS) is 10.9. The smallest absolute Gasteiger partial charge is 0.660 e. The van der Waals surface area contributed by atoms with E-state index in [0.717, 1.165) is 67.5 Å². The van der Waals surface area contributed by atoms with E-state index in [1.165, 1.54) is 0 Å². The van der Waals surface area contributed by atoms with E-state index in [4.69, 9.17) is 19.4 Å². The van der Waals surface area contributed by atoms with Crippen molar-refractivity contribution in [3.05, 3.63) is 77.4 Å². The van der Waals surface area contributed by atoms with Gasteiger partial charge in [-0.2, -0.15) is 5.69 Å². The number of methoxy groups -OCH3 is 2. The van der Waals surface area contributed by atoms with Crippen LogP contribution in [0.2, 0.25) is 0 Å². The molecular formula is C31H35CuN4O2. The fourth-order valence-electron chi connectivity index (χ4n) is 4.17. The summed E-state index contributed by atoms with van der Waals surface area (Å²) in [5.41, 5.74) is 7.73. The molecule has 1 aromatic carbocycles. The second kappa shape index (κ2) is 12.4. The molecule has 4 heterocycles. The van der Waals surface area contributed by atoms with Crippen LogP contribution in [0.1, 0.15) is 62.3 Å². The number of hydrogen-bond acceptors (Lipinski definition) is 5. The standard InChI is InChI=1S/C20H24N2O2.C11H11N2.Cu/c1-11(2)15-9-17(23-5)13-7-8-14-18(24-6)10-16(12(3)4)22-20(14)19(13)21-15;1-8-4-3-5-10(12-8)11-7-6-9(2)13-11;/h7-12H,1-6H3;3-7H,1-2H3;/q;-1;+1. The van der Waals surface area contributed by atoms with Crippen molar-refractivity contribution < 1.29 is 26.5 Å². The largest absolute Gasteiger partial charge is 1.00 e. The van der Waals surface area contributed by atoms with Crippen LogP contribution in [0.15, 0.2) is 54.6 Å². The van der Waals surface area contributed by atoms with Gasteiger partial charge in [0.15, 0.2) is 0 Å². The Kier molecular flexibility index (Phi) is 9.53. The second-order valence-electron chi connectivity index (χ2n) is 9.80. The first-order valence-corrected chi connectivity index (χ1v) is 12.6. The van der Waals surface area contributed by atoms with E-state index < -0.39 is 0 Å². The van der Waals surface area contributed by atoms with E-state index in [1.54, 1.807) is 14.2 Å². The number of fused-ring (bicyclic) bond motifs is 3. The van der Waals surface area contributed by atoms with Crippen molar-refractivity contribution in [2.45, 2.75) is 53.4 Å². The molecule has 7 heteroatoms. The number of rotatable bonds is 5. The molecule has 38 heavy (non-hydrogen) atoms. The summed E-state index contributed by atoms with van der Waals surface area (Å²) in [4.78, 5) is 18.5. The van der Waals surface area contributed by atoms with Gasteiger partial charge in [-0.1, -0.05) is 52.8 Å². The molecule has 0 spiro atoms. The predicted molar refractivity (Wildman–Crippen MR) is 151 cm³/mol. The molecule has 0 aliphatic rings. The molecule has 0 fully saturated rings. The predicted octanol–water partition coefficient (Wildman–Crippen LogP) is 7.37. The molecule has 0 aliphatic carbocycles. The van der Waals surface area contributed by atoms with Gasteiger partial charge in [0.05, 0.1) is 14.2 Å². The van der Waals surface area contributed by atoms with Crippen molar-refractivity contribution in [2.24, 2.45) is 0 Å². The van der Waals surface area contributed by atoms with Crippen LogP contribution in [-0.2, 0) is 17.1 Å². The van der Waals surface area contributed by atoms with Crippen LogP contribution in [0.25, 0.3) is 33.2 Å². The first-order chi connectivity index (χ1) is 17.7. The van der Waals surface area contributed by atoms with Crippen molar-refractivity contribution >= 4 is 21.8 Å². The zero-order valence-electron chi connectivity index (χ0n) is 23.3. The minimum Gasteiger partial charge on any atom is -0.660 e. The molecular weight excluding hydrogens is 524 g/mol. The summed E-state index contributed by atoms with van der Waals surface area (Å²) in [6.45, 7) is 12.5. The van der Waals surface area contributed by atoms with E-state index in [1.807, 2.05) is 68.4 Å². The van der Waals surface area contributed by atoms with Gasteiger partial charge in [-0.3, -0.25) is 4.98 Å². The average molecular weight is 559 g/mol. The van der Waals surface area contributed by atoms with Gasteiger partial charge >= 0.3 is 17.1 Å². The van der Waals surface area contributed by atoms with E-state index in [0.29, 0.717) is 11.8 Å². The maximum Gasteiger partial charge on any atom is 1.00 e. The van der Waals surface area contributed by atoms with Crippen LogP contribution < -0.4 is 14.5 Å². The van der Waals surface area contributed by atoms with Gasteiger partial charge in [-0.25, -0.2) is 9.97 Å². The Labute approximate surface area is 235 Å². The Morgan fingerprint density at radius 1 is 0.684 bits per heavy atom. The summed E-state index contributed by atoms with van der Waals surface area (Å²) in [6.07, 6.45) is 0. The first kappa shape index (κ1) is 29.1. The maximum atomic E-state index is 5.60. The van der Waals surface area contributed by atoms with Crippen LogP contribution in [-0.4, -0.2) is 29.2 Å². The van der Waals surface area contributed by atoms with E-state index >= 15 is 0 Å². The molecule has 0 amide bonds. The molecule has 0 aliphatic heterocycles. The summed E-state index contributed by atoms with van der Waals surface area (Å²) in [6, 6.07) is 18.1. The third-order valence-corrected chi connectivity index (χ3v) is 6.27.